The number of fused-ring (bicyclic) bond motifs is 1. The van der Waals surface area contributed by atoms with Gasteiger partial charge in [0, 0.05) is 5.92 Å². The number of benzene rings is 1. The number of hydrogen-bond acceptors (Lipinski definition) is 0. The molecule has 0 nitrogen and oxygen atoms in total. The van der Waals surface area contributed by atoms with Gasteiger partial charge in [0.1, 0.15) is 0 Å². The average molecular weight is 242 g/mol. The molecule has 0 N–H and O–H groups in total. The normalized spacial score (nSPS) is 18.8. The van der Waals surface area contributed by atoms with Crippen LogP contribution in [0.15, 0.2) is 5.57 Å². The minimum absolute atomic E-state index is 0.594. The molecule has 18 heavy (non-hydrogen) atoms. The molecular formula is C18H26. The molecule has 0 heterocycles. The van der Waals surface area contributed by atoms with Crippen LogP contribution in [-0.2, 0) is 0 Å². The van der Waals surface area contributed by atoms with E-state index in [0.29, 0.717) is 11.8 Å². The van der Waals surface area contributed by atoms with Crippen molar-refractivity contribution in [1.82, 2.24) is 0 Å². The van der Waals surface area contributed by atoms with Gasteiger partial charge in [0.2, 0.25) is 0 Å². The summed E-state index contributed by atoms with van der Waals surface area (Å²) in [6, 6.07) is 0. The van der Waals surface area contributed by atoms with Crippen molar-refractivity contribution in [3.63, 3.8) is 0 Å². The first kappa shape index (κ1) is 13.4. The first-order valence-corrected chi connectivity index (χ1v) is 7.10. The molecule has 1 aromatic rings. The minimum Gasteiger partial charge on any atom is -0.0625 e. The van der Waals surface area contributed by atoms with Crippen LogP contribution in [0.1, 0.15) is 79.8 Å². The van der Waals surface area contributed by atoms with Crippen LogP contribution in [0.2, 0.25) is 0 Å². The molecule has 2 rings (SSSR count). The van der Waals surface area contributed by atoms with E-state index in [0.717, 1.165) is 0 Å². The van der Waals surface area contributed by atoms with Crippen LogP contribution in [0.4, 0.5) is 0 Å². The lowest BCUT2D eigenvalue weighted by molar-refractivity contribution is 0.823. The smallest absolute Gasteiger partial charge is 0.00318 e. The summed E-state index contributed by atoms with van der Waals surface area (Å²) in [5.74, 6) is 1.21. The van der Waals surface area contributed by atoms with Crippen molar-refractivity contribution in [3.8, 4) is 0 Å². The van der Waals surface area contributed by atoms with Gasteiger partial charge in [-0.15, -0.1) is 0 Å². The van der Waals surface area contributed by atoms with Gasteiger partial charge in [-0.05, 0) is 79.5 Å². The molecule has 1 aliphatic rings. The summed E-state index contributed by atoms with van der Waals surface area (Å²) in [5.41, 5.74) is 12.3. The van der Waals surface area contributed by atoms with Gasteiger partial charge in [-0.1, -0.05) is 26.3 Å². The second-order valence-corrected chi connectivity index (χ2v) is 6.26. The first-order chi connectivity index (χ1) is 8.29. The van der Waals surface area contributed by atoms with Crippen LogP contribution < -0.4 is 0 Å². The van der Waals surface area contributed by atoms with Gasteiger partial charge < -0.3 is 0 Å². The van der Waals surface area contributed by atoms with E-state index in [-0.39, 0.29) is 0 Å². The fourth-order valence-corrected chi connectivity index (χ4v) is 3.83. The highest BCUT2D eigenvalue weighted by Gasteiger charge is 2.29. The fourth-order valence-electron chi connectivity index (χ4n) is 3.83. The summed E-state index contributed by atoms with van der Waals surface area (Å²) in [6.45, 7) is 18.5. The number of hydrogen-bond donors (Lipinski definition) is 0. The van der Waals surface area contributed by atoms with E-state index in [9.17, 15) is 0 Å². The monoisotopic (exact) mass is 242 g/mol. The fraction of sp³-hybridized carbons (Fsp3) is 0.556. The molecule has 0 spiro atoms. The van der Waals surface area contributed by atoms with E-state index < -0.39 is 0 Å². The van der Waals surface area contributed by atoms with Crippen molar-refractivity contribution in [1.29, 1.82) is 0 Å². The molecule has 0 fully saturated rings. The lowest BCUT2D eigenvalue weighted by Gasteiger charge is -2.23. The van der Waals surface area contributed by atoms with Crippen LogP contribution in [0.3, 0.4) is 0 Å². The molecule has 0 saturated carbocycles. The first-order valence-electron chi connectivity index (χ1n) is 7.10. The molecular weight excluding hydrogens is 216 g/mol. The molecule has 0 heteroatoms. The third-order valence-electron chi connectivity index (χ3n) is 5.05. The lowest BCUT2D eigenvalue weighted by Crippen LogP contribution is -2.06. The topological polar surface area (TPSA) is 0 Å². The Labute approximate surface area is 112 Å². The predicted molar refractivity (Wildman–Crippen MR) is 81.4 cm³/mol. The average Bonchev–Trinajstić information content (AvgIpc) is 2.51. The Hall–Kier alpha value is -1.04. The SMILES string of the molecule is CC1=C(C)C(C)c2c(C)c(C(C)C)c(C)c(C)c21. The zero-order chi connectivity index (χ0) is 13.8. The maximum absolute atomic E-state index is 2.36. The van der Waals surface area contributed by atoms with E-state index in [1.54, 1.807) is 22.3 Å². The van der Waals surface area contributed by atoms with Crippen molar-refractivity contribution in [2.24, 2.45) is 0 Å². The van der Waals surface area contributed by atoms with Crippen molar-refractivity contribution in [2.75, 3.05) is 0 Å². The van der Waals surface area contributed by atoms with Gasteiger partial charge >= 0.3 is 0 Å². The maximum Gasteiger partial charge on any atom is 0.00318 e. The Morgan fingerprint density at radius 1 is 0.833 bits per heavy atom. The van der Waals surface area contributed by atoms with E-state index in [1.807, 2.05) is 0 Å². The molecule has 0 saturated heterocycles. The Kier molecular flexibility index (Phi) is 3.17. The molecule has 1 atom stereocenters. The molecule has 1 unspecified atom stereocenters. The standard InChI is InChI=1S/C18H26/c1-9(2)16-13(6)14(7)17-11(4)10(3)12(5)18(17)15(16)8/h9,12H,1-8H3. The Morgan fingerprint density at radius 2 is 1.39 bits per heavy atom. The van der Waals surface area contributed by atoms with E-state index in [4.69, 9.17) is 0 Å². The zero-order valence-electron chi connectivity index (χ0n) is 13.2. The molecule has 98 valence electrons. The molecule has 1 aliphatic carbocycles. The van der Waals surface area contributed by atoms with Gasteiger partial charge in [-0.25, -0.2) is 0 Å². The molecule has 0 bridgehead atoms. The van der Waals surface area contributed by atoms with Crippen LogP contribution in [0.25, 0.3) is 5.57 Å². The van der Waals surface area contributed by atoms with Gasteiger partial charge in [-0.3, -0.25) is 0 Å². The quantitative estimate of drug-likeness (QED) is 0.597. The molecule has 0 aromatic heterocycles. The van der Waals surface area contributed by atoms with Gasteiger partial charge in [0.25, 0.3) is 0 Å². The van der Waals surface area contributed by atoms with Crippen molar-refractivity contribution in [2.45, 2.75) is 67.2 Å². The number of rotatable bonds is 1. The third kappa shape index (κ3) is 1.58. The van der Waals surface area contributed by atoms with Crippen molar-refractivity contribution >= 4 is 5.57 Å². The second kappa shape index (κ2) is 4.26. The number of allylic oxidation sites excluding steroid dienone is 2. The molecule has 0 amide bonds. The van der Waals surface area contributed by atoms with Gasteiger partial charge in [-0.2, -0.15) is 0 Å². The predicted octanol–water partition coefficient (Wildman–Crippen LogP) is 5.65. The molecule has 0 radical (unpaired) electrons. The Morgan fingerprint density at radius 3 is 1.89 bits per heavy atom. The molecule has 0 aliphatic heterocycles. The van der Waals surface area contributed by atoms with E-state index in [2.05, 4.69) is 55.4 Å². The Balaban J connectivity index is 2.86. The summed E-state index contributed by atoms with van der Waals surface area (Å²) < 4.78 is 0. The molecule has 1 aromatic carbocycles. The second-order valence-electron chi connectivity index (χ2n) is 6.26. The Bertz CT molecular complexity index is 542. The van der Waals surface area contributed by atoms with Crippen LogP contribution >= 0.6 is 0 Å². The van der Waals surface area contributed by atoms with Gasteiger partial charge in [0.05, 0.1) is 0 Å². The maximum atomic E-state index is 2.36. The summed E-state index contributed by atoms with van der Waals surface area (Å²) >= 11 is 0. The highest BCUT2D eigenvalue weighted by Crippen LogP contribution is 2.47. The van der Waals surface area contributed by atoms with Crippen LogP contribution in [-0.4, -0.2) is 0 Å². The third-order valence-corrected chi connectivity index (χ3v) is 5.05. The largest absolute Gasteiger partial charge is 0.0625 e. The van der Waals surface area contributed by atoms with Crippen LogP contribution in [0.5, 0.6) is 0 Å². The zero-order valence-corrected chi connectivity index (χ0v) is 13.2. The minimum atomic E-state index is 0.594. The summed E-state index contributed by atoms with van der Waals surface area (Å²) in [5, 5.41) is 0. The van der Waals surface area contributed by atoms with E-state index in [1.165, 1.54) is 22.3 Å². The highest BCUT2D eigenvalue weighted by atomic mass is 14.3. The van der Waals surface area contributed by atoms with Crippen molar-refractivity contribution in [3.05, 3.63) is 39.0 Å². The van der Waals surface area contributed by atoms with Gasteiger partial charge in [0.15, 0.2) is 0 Å². The lowest BCUT2D eigenvalue weighted by atomic mass is 9.82. The van der Waals surface area contributed by atoms with Crippen molar-refractivity contribution < 1.29 is 0 Å². The summed E-state index contributed by atoms with van der Waals surface area (Å²) in [7, 11) is 0. The summed E-state index contributed by atoms with van der Waals surface area (Å²) in [4.78, 5) is 0. The van der Waals surface area contributed by atoms with E-state index >= 15 is 0 Å². The highest BCUT2D eigenvalue weighted by molar-refractivity contribution is 5.81. The van der Waals surface area contributed by atoms with Crippen LogP contribution in [0, 0.1) is 20.8 Å². The summed E-state index contributed by atoms with van der Waals surface area (Å²) in [6.07, 6.45) is 0.